The molecule has 1 amide bonds. The second-order valence-electron chi connectivity index (χ2n) is 4.60. The molecule has 8 heteroatoms. The lowest BCUT2D eigenvalue weighted by Crippen LogP contribution is -2.45. The van der Waals surface area contributed by atoms with Gasteiger partial charge in [-0.05, 0) is 12.0 Å². The SMILES string of the molecule is CC[C@H](C)[C@H](NC(=O)c1cc([N+](=O)[O-])ccc1Cl)C(=O)O. The number of carboxylic acid groups (broad SMARTS) is 1. The normalized spacial score (nSPS) is 13.3. The van der Waals surface area contributed by atoms with Crippen LogP contribution in [0.3, 0.4) is 0 Å². The van der Waals surface area contributed by atoms with Crippen molar-refractivity contribution in [2.75, 3.05) is 0 Å². The van der Waals surface area contributed by atoms with Gasteiger partial charge in [0.05, 0.1) is 15.5 Å². The first-order chi connectivity index (χ1) is 9.77. The lowest BCUT2D eigenvalue weighted by Gasteiger charge is -2.20. The number of aliphatic carboxylic acids is 1. The molecule has 1 rings (SSSR count). The van der Waals surface area contributed by atoms with E-state index in [0.29, 0.717) is 6.42 Å². The largest absolute Gasteiger partial charge is 0.480 e. The fraction of sp³-hybridized carbons (Fsp3) is 0.385. The number of nitrogens with one attached hydrogen (secondary N) is 1. The first-order valence-corrected chi connectivity index (χ1v) is 6.63. The zero-order valence-corrected chi connectivity index (χ0v) is 12.3. The quantitative estimate of drug-likeness (QED) is 0.619. The van der Waals surface area contributed by atoms with Crippen LogP contribution in [-0.4, -0.2) is 27.9 Å². The van der Waals surface area contributed by atoms with Crippen molar-refractivity contribution in [3.63, 3.8) is 0 Å². The standard InChI is InChI=1S/C13H15ClN2O5/c1-3-7(2)11(13(18)19)15-12(17)9-6-8(16(20)21)4-5-10(9)14/h4-7,11H,3H2,1-2H3,(H,15,17)(H,18,19)/t7-,11-/m0/s1. The second-order valence-corrected chi connectivity index (χ2v) is 5.00. The lowest BCUT2D eigenvalue weighted by molar-refractivity contribution is -0.384. The summed E-state index contributed by atoms with van der Waals surface area (Å²) in [6, 6.07) is 2.33. The lowest BCUT2D eigenvalue weighted by atomic mass is 9.99. The number of hydrogen-bond donors (Lipinski definition) is 2. The summed E-state index contributed by atoms with van der Waals surface area (Å²) in [5.41, 5.74) is -0.416. The Morgan fingerprint density at radius 2 is 2.10 bits per heavy atom. The predicted molar refractivity (Wildman–Crippen MR) is 76.5 cm³/mol. The highest BCUT2D eigenvalue weighted by atomic mass is 35.5. The Bertz CT molecular complexity index is 576. The molecule has 0 bridgehead atoms. The number of carbonyl (C=O) groups is 2. The van der Waals surface area contributed by atoms with Crippen molar-refractivity contribution in [2.45, 2.75) is 26.3 Å². The molecule has 1 aromatic carbocycles. The molecule has 0 fully saturated rings. The highest BCUT2D eigenvalue weighted by Gasteiger charge is 2.27. The molecule has 0 radical (unpaired) electrons. The average Bonchev–Trinajstić information content (AvgIpc) is 2.43. The van der Waals surface area contributed by atoms with E-state index in [1.165, 1.54) is 12.1 Å². The van der Waals surface area contributed by atoms with Gasteiger partial charge in [0.1, 0.15) is 6.04 Å². The van der Waals surface area contributed by atoms with Gasteiger partial charge in [-0.25, -0.2) is 4.79 Å². The summed E-state index contributed by atoms with van der Waals surface area (Å²) in [4.78, 5) is 33.3. The molecule has 0 saturated heterocycles. The number of carboxylic acids is 1. The number of hydrogen-bond acceptors (Lipinski definition) is 4. The van der Waals surface area contributed by atoms with E-state index in [2.05, 4.69) is 5.32 Å². The molecule has 0 saturated carbocycles. The van der Waals surface area contributed by atoms with Crippen LogP contribution in [0, 0.1) is 16.0 Å². The van der Waals surface area contributed by atoms with Crippen LogP contribution in [0.4, 0.5) is 5.69 Å². The first kappa shape index (κ1) is 16.9. The van der Waals surface area contributed by atoms with E-state index in [1.54, 1.807) is 13.8 Å². The molecule has 0 aliphatic carbocycles. The Labute approximate surface area is 126 Å². The van der Waals surface area contributed by atoms with E-state index in [0.717, 1.165) is 6.07 Å². The first-order valence-electron chi connectivity index (χ1n) is 6.25. The molecule has 0 heterocycles. The van der Waals surface area contributed by atoms with Crippen LogP contribution >= 0.6 is 11.6 Å². The van der Waals surface area contributed by atoms with Gasteiger partial charge < -0.3 is 10.4 Å². The molecule has 21 heavy (non-hydrogen) atoms. The van der Waals surface area contributed by atoms with E-state index < -0.39 is 22.8 Å². The molecule has 0 aromatic heterocycles. The van der Waals surface area contributed by atoms with Crippen molar-refractivity contribution < 1.29 is 19.6 Å². The molecule has 2 N–H and O–H groups in total. The molecule has 1 aromatic rings. The molecule has 0 unspecified atom stereocenters. The Morgan fingerprint density at radius 1 is 1.48 bits per heavy atom. The third-order valence-corrected chi connectivity index (χ3v) is 3.50. The van der Waals surface area contributed by atoms with Gasteiger partial charge in [0.25, 0.3) is 11.6 Å². The molecule has 2 atom stereocenters. The number of rotatable bonds is 6. The summed E-state index contributed by atoms with van der Waals surface area (Å²) >= 11 is 5.84. The zero-order chi connectivity index (χ0) is 16.2. The minimum atomic E-state index is -1.17. The molecular weight excluding hydrogens is 300 g/mol. The molecular formula is C13H15ClN2O5. The summed E-state index contributed by atoms with van der Waals surface area (Å²) in [5, 5.41) is 22.2. The number of non-ortho nitro benzene ring substituents is 1. The summed E-state index contributed by atoms with van der Waals surface area (Å²) in [6.07, 6.45) is 0.555. The summed E-state index contributed by atoms with van der Waals surface area (Å²) in [6.45, 7) is 3.49. The van der Waals surface area contributed by atoms with Gasteiger partial charge in [-0.1, -0.05) is 31.9 Å². The van der Waals surface area contributed by atoms with Crippen LogP contribution in [0.2, 0.25) is 5.02 Å². The fourth-order valence-corrected chi connectivity index (χ4v) is 1.91. The van der Waals surface area contributed by atoms with E-state index in [1.807, 2.05) is 0 Å². The number of nitro benzene ring substituents is 1. The summed E-state index contributed by atoms with van der Waals surface area (Å²) in [7, 11) is 0. The van der Waals surface area contributed by atoms with Gasteiger partial charge in [0.2, 0.25) is 0 Å². The number of benzene rings is 1. The maximum Gasteiger partial charge on any atom is 0.326 e. The van der Waals surface area contributed by atoms with E-state index in [9.17, 15) is 19.7 Å². The molecule has 114 valence electrons. The topological polar surface area (TPSA) is 110 Å². The monoisotopic (exact) mass is 314 g/mol. The van der Waals surface area contributed by atoms with Gasteiger partial charge in [-0.2, -0.15) is 0 Å². The van der Waals surface area contributed by atoms with Crippen molar-refractivity contribution in [3.8, 4) is 0 Å². The zero-order valence-electron chi connectivity index (χ0n) is 11.5. The molecule has 7 nitrogen and oxygen atoms in total. The molecule has 0 aliphatic rings. The van der Waals surface area contributed by atoms with Crippen molar-refractivity contribution in [1.29, 1.82) is 0 Å². The highest BCUT2D eigenvalue weighted by Crippen LogP contribution is 2.22. The Morgan fingerprint density at radius 3 is 2.57 bits per heavy atom. The maximum atomic E-state index is 12.1. The van der Waals surface area contributed by atoms with E-state index in [4.69, 9.17) is 16.7 Å². The van der Waals surface area contributed by atoms with Gasteiger partial charge in [0, 0.05) is 12.1 Å². The van der Waals surface area contributed by atoms with Crippen LogP contribution in [0.5, 0.6) is 0 Å². The van der Waals surface area contributed by atoms with Crippen LogP contribution in [0.15, 0.2) is 18.2 Å². The fourth-order valence-electron chi connectivity index (χ4n) is 1.70. The molecule has 0 aliphatic heterocycles. The van der Waals surface area contributed by atoms with Gasteiger partial charge >= 0.3 is 5.97 Å². The van der Waals surface area contributed by atoms with E-state index in [-0.39, 0.29) is 22.2 Å². The number of amides is 1. The minimum Gasteiger partial charge on any atom is -0.480 e. The minimum absolute atomic E-state index is 0.0198. The average molecular weight is 315 g/mol. The number of nitro groups is 1. The maximum absolute atomic E-state index is 12.1. The van der Waals surface area contributed by atoms with Gasteiger partial charge in [0.15, 0.2) is 0 Å². The number of nitrogens with zero attached hydrogens (tertiary/aromatic N) is 1. The molecule has 0 spiro atoms. The summed E-state index contributed by atoms with van der Waals surface area (Å²) < 4.78 is 0. The van der Waals surface area contributed by atoms with E-state index >= 15 is 0 Å². The van der Waals surface area contributed by atoms with Crippen molar-refractivity contribution in [2.24, 2.45) is 5.92 Å². The highest BCUT2D eigenvalue weighted by molar-refractivity contribution is 6.34. The second kappa shape index (κ2) is 7.03. The third-order valence-electron chi connectivity index (χ3n) is 3.17. The summed E-state index contributed by atoms with van der Waals surface area (Å²) in [5.74, 6) is -2.21. The van der Waals surface area contributed by atoms with Crippen LogP contribution in [0.25, 0.3) is 0 Å². The Balaban J connectivity index is 3.05. The Kier molecular flexibility index (Phi) is 5.66. The van der Waals surface area contributed by atoms with Crippen LogP contribution in [-0.2, 0) is 4.79 Å². The number of carbonyl (C=O) groups excluding carboxylic acids is 1. The van der Waals surface area contributed by atoms with Gasteiger partial charge in [-0.15, -0.1) is 0 Å². The van der Waals surface area contributed by atoms with Crippen LogP contribution in [0.1, 0.15) is 30.6 Å². The van der Waals surface area contributed by atoms with Crippen molar-refractivity contribution in [1.82, 2.24) is 5.32 Å². The Hall–Kier alpha value is -2.15. The predicted octanol–water partition coefficient (Wildman–Crippen LogP) is 2.48. The van der Waals surface area contributed by atoms with Crippen molar-refractivity contribution in [3.05, 3.63) is 38.9 Å². The van der Waals surface area contributed by atoms with Crippen molar-refractivity contribution >= 4 is 29.2 Å². The smallest absolute Gasteiger partial charge is 0.326 e. The number of halogens is 1. The van der Waals surface area contributed by atoms with Crippen LogP contribution < -0.4 is 5.32 Å². The van der Waals surface area contributed by atoms with Gasteiger partial charge in [-0.3, -0.25) is 14.9 Å². The third kappa shape index (κ3) is 4.16.